The van der Waals surface area contributed by atoms with Crippen LogP contribution in [0.5, 0.6) is 0 Å². The second-order valence-corrected chi connectivity index (χ2v) is 3.79. The van der Waals surface area contributed by atoms with E-state index in [1.807, 2.05) is 0 Å². The lowest BCUT2D eigenvalue weighted by Crippen LogP contribution is -2.15. The minimum atomic E-state index is 0.314. The van der Waals surface area contributed by atoms with Gasteiger partial charge >= 0.3 is 0 Å². The van der Waals surface area contributed by atoms with E-state index in [-0.39, 0.29) is 0 Å². The highest BCUT2D eigenvalue weighted by Gasteiger charge is 2.14. The Morgan fingerprint density at radius 1 is 1.25 bits per heavy atom. The van der Waals surface area contributed by atoms with Crippen molar-refractivity contribution in [3.05, 3.63) is 0 Å². The first-order chi connectivity index (χ1) is 5.76. The molecule has 0 bridgehead atoms. The van der Waals surface area contributed by atoms with E-state index in [9.17, 15) is 4.79 Å². The molecule has 0 heterocycles. The summed E-state index contributed by atoms with van der Waals surface area (Å²) >= 11 is 3.23. The Kier molecular flexibility index (Phi) is 7.88. The van der Waals surface area contributed by atoms with Crippen molar-refractivity contribution >= 4 is 21.7 Å². The van der Waals surface area contributed by atoms with Gasteiger partial charge in [-0.25, -0.2) is 0 Å². The van der Waals surface area contributed by atoms with Crippen LogP contribution in [0.25, 0.3) is 0 Å². The molecule has 0 spiro atoms. The summed E-state index contributed by atoms with van der Waals surface area (Å²) in [6.45, 7) is 4.31. The number of rotatable bonds is 7. The van der Waals surface area contributed by atoms with Gasteiger partial charge in [-0.15, -0.1) is 0 Å². The lowest BCUT2D eigenvalue weighted by Gasteiger charge is -2.12. The fourth-order valence-corrected chi connectivity index (χ4v) is 1.83. The highest BCUT2D eigenvalue weighted by atomic mass is 79.9. The number of halogens is 1. The van der Waals surface area contributed by atoms with Gasteiger partial charge in [0, 0.05) is 5.92 Å². The van der Waals surface area contributed by atoms with Crippen LogP contribution in [0.2, 0.25) is 0 Å². The maximum atomic E-state index is 11.4. The first-order valence-corrected chi connectivity index (χ1v) is 5.97. The molecule has 1 atom stereocenters. The van der Waals surface area contributed by atoms with Gasteiger partial charge in [-0.3, -0.25) is 4.79 Å². The van der Waals surface area contributed by atoms with Crippen molar-refractivity contribution in [2.45, 2.75) is 46.0 Å². The van der Waals surface area contributed by atoms with Gasteiger partial charge in [0.2, 0.25) is 0 Å². The molecule has 0 aromatic heterocycles. The monoisotopic (exact) mass is 234 g/mol. The molecule has 0 rings (SSSR count). The molecule has 0 saturated heterocycles. The molecule has 0 amide bonds. The molecule has 1 unspecified atom stereocenters. The van der Waals surface area contributed by atoms with Crippen molar-refractivity contribution in [1.82, 2.24) is 0 Å². The maximum absolute atomic E-state index is 11.4. The third-order valence-corrected chi connectivity index (χ3v) is 2.68. The summed E-state index contributed by atoms with van der Waals surface area (Å²) in [5.74, 6) is 0.694. The highest BCUT2D eigenvalue weighted by molar-refractivity contribution is 9.09. The summed E-state index contributed by atoms with van der Waals surface area (Å²) in [6.07, 6.45) is 5.63. The second kappa shape index (κ2) is 7.78. The predicted molar refractivity (Wildman–Crippen MR) is 56.7 cm³/mol. The molecule has 0 fully saturated rings. The van der Waals surface area contributed by atoms with Gasteiger partial charge in [-0.1, -0.05) is 49.0 Å². The number of alkyl halides is 1. The van der Waals surface area contributed by atoms with Gasteiger partial charge in [-0.05, 0) is 12.8 Å². The zero-order valence-corrected chi connectivity index (χ0v) is 9.69. The number of hydrogen-bond donors (Lipinski definition) is 0. The van der Waals surface area contributed by atoms with E-state index in [2.05, 4.69) is 29.8 Å². The number of carbonyl (C=O) groups is 1. The van der Waals surface area contributed by atoms with Gasteiger partial charge in [0.15, 0.2) is 0 Å². The van der Waals surface area contributed by atoms with Gasteiger partial charge in [0.05, 0.1) is 5.33 Å². The van der Waals surface area contributed by atoms with Crippen molar-refractivity contribution in [3.63, 3.8) is 0 Å². The molecule has 72 valence electrons. The summed E-state index contributed by atoms with van der Waals surface area (Å²) in [5, 5.41) is 0.529. The van der Waals surface area contributed by atoms with Crippen LogP contribution in [0, 0.1) is 5.92 Å². The van der Waals surface area contributed by atoms with Crippen molar-refractivity contribution in [2.75, 3.05) is 5.33 Å². The van der Waals surface area contributed by atoms with Crippen LogP contribution in [0.1, 0.15) is 46.0 Å². The minimum Gasteiger partial charge on any atom is -0.298 e. The Labute approximate surface area is 84.1 Å². The van der Waals surface area contributed by atoms with Gasteiger partial charge in [0.1, 0.15) is 5.78 Å². The van der Waals surface area contributed by atoms with Gasteiger partial charge in [0.25, 0.3) is 0 Å². The molecule has 0 aliphatic heterocycles. The lowest BCUT2D eigenvalue weighted by atomic mass is 9.94. The topological polar surface area (TPSA) is 17.1 Å². The van der Waals surface area contributed by atoms with Crippen molar-refractivity contribution in [3.8, 4) is 0 Å². The van der Waals surface area contributed by atoms with E-state index in [0.29, 0.717) is 17.0 Å². The number of carbonyl (C=O) groups excluding carboxylic acids is 1. The third-order valence-electron chi connectivity index (χ3n) is 2.13. The largest absolute Gasteiger partial charge is 0.298 e. The van der Waals surface area contributed by atoms with Crippen molar-refractivity contribution < 1.29 is 4.79 Å². The normalized spacial score (nSPS) is 12.9. The fourth-order valence-electron chi connectivity index (χ4n) is 1.37. The molecule has 2 heteroatoms. The number of hydrogen-bond acceptors (Lipinski definition) is 1. The molecule has 0 aromatic rings. The van der Waals surface area contributed by atoms with Crippen molar-refractivity contribution in [1.29, 1.82) is 0 Å². The summed E-state index contributed by atoms with van der Waals surface area (Å²) in [6, 6.07) is 0. The zero-order chi connectivity index (χ0) is 9.40. The Morgan fingerprint density at radius 2 is 1.92 bits per heavy atom. The van der Waals surface area contributed by atoms with Crippen LogP contribution in [-0.2, 0) is 4.79 Å². The van der Waals surface area contributed by atoms with E-state index >= 15 is 0 Å². The van der Waals surface area contributed by atoms with Crippen LogP contribution in [0.3, 0.4) is 0 Å². The number of ketones is 1. The van der Waals surface area contributed by atoms with E-state index in [4.69, 9.17) is 0 Å². The molecular formula is C10H19BrO. The zero-order valence-electron chi connectivity index (χ0n) is 8.11. The van der Waals surface area contributed by atoms with Gasteiger partial charge < -0.3 is 0 Å². The smallest absolute Gasteiger partial charge is 0.146 e. The Balaban J connectivity index is 3.76. The van der Waals surface area contributed by atoms with E-state index in [1.165, 1.54) is 12.8 Å². The summed E-state index contributed by atoms with van der Waals surface area (Å²) in [5.41, 5.74) is 0. The Bertz CT molecular complexity index is 123. The summed E-state index contributed by atoms with van der Waals surface area (Å²) in [4.78, 5) is 11.4. The minimum absolute atomic E-state index is 0.314. The average Bonchev–Trinajstić information content (AvgIpc) is 2.11. The molecule has 12 heavy (non-hydrogen) atoms. The van der Waals surface area contributed by atoms with E-state index < -0.39 is 0 Å². The fraction of sp³-hybridized carbons (Fsp3) is 0.900. The maximum Gasteiger partial charge on any atom is 0.146 e. The van der Waals surface area contributed by atoms with Crippen LogP contribution < -0.4 is 0 Å². The van der Waals surface area contributed by atoms with Crippen LogP contribution >= 0.6 is 15.9 Å². The quantitative estimate of drug-likeness (QED) is 0.616. The third kappa shape index (κ3) is 4.91. The summed E-state index contributed by atoms with van der Waals surface area (Å²) < 4.78 is 0. The highest BCUT2D eigenvalue weighted by Crippen LogP contribution is 2.16. The van der Waals surface area contributed by atoms with Crippen molar-refractivity contribution in [2.24, 2.45) is 5.92 Å². The van der Waals surface area contributed by atoms with Gasteiger partial charge in [-0.2, -0.15) is 0 Å². The molecular weight excluding hydrogens is 216 g/mol. The lowest BCUT2D eigenvalue weighted by molar-refractivity contribution is -0.120. The molecule has 0 aliphatic rings. The molecule has 0 aliphatic carbocycles. The molecule has 1 nitrogen and oxygen atoms in total. The SMILES string of the molecule is CCCCC(CCC)C(=O)CBr. The molecule has 0 saturated carbocycles. The predicted octanol–water partition coefficient (Wildman–Crippen LogP) is 3.56. The first-order valence-electron chi connectivity index (χ1n) is 4.84. The second-order valence-electron chi connectivity index (χ2n) is 3.23. The standard InChI is InChI=1S/C10H19BrO/c1-3-5-7-9(6-4-2)10(12)8-11/h9H,3-8H2,1-2H3. The molecule has 0 aromatic carbocycles. The van der Waals surface area contributed by atoms with E-state index in [1.54, 1.807) is 0 Å². The van der Waals surface area contributed by atoms with Crippen LogP contribution in [0.15, 0.2) is 0 Å². The van der Waals surface area contributed by atoms with Crippen LogP contribution in [-0.4, -0.2) is 11.1 Å². The average molecular weight is 235 g/mol. The Morgan fingerprint density at radius 3 is 2.33 bits per heavy atom. The number of Topliss-reactive ketones (excluding diaryl/α,β-unsaturated/α-hetero) is 1. The molecule has 0 N–H and O–H groups in total. The number of unbranched alkanes of at least 4 members (excludes halogenated alkanes) is 1. The Hall–Kier alpha value is 0.150. The molecule has 0 radical (unpaired) electrons. The van der Waals surface area contributed by atoms with Crippen LogP contribution in [0.4, 0.5) is 0 Å². The first kappa shape index (κ1) is 12.2. The van der Waals surface area contributed by atoms with E-state index in [0.717, 1.165) is 19.3 Å². The summed E-state index contributed by atoms with van der Waals surface area (Å²) in [7, 11) is 0.